The summed E-state index contributed by atoms with van der Waals surface area (Å²) in [4.78, 5) is 14.1. The molecule has 6 nitrogen and oxygen atoms in total. The van der Waals surface area contributed by atoms with Gasteiger partial charge in [-0.3, -0.25) is 4.79 Å². The minimum absolute atomic E-state index is 0.0380. The SMILES string of the molecule is COc1cccc(CN(C)C(=O)CSc2nnc(Nc3ccc(C)cc3)s2)c1. The van der Waals surface area contributed by atoms with Crippen molar-refractivity contribution in [2.45, 2.75) is 17.8 Å². The average Bonchev–Trinajstić information content (AvgIpc) is 3.15. The predicted octanol–water partition coefficient (Wildman–Crippen LogP) is 4.35. The van der Waals surface area contributed by atoms with Crippen LogP contribution in [-0.2, 0) is 11.3 Å². The maximum absolute atomic E-state index is 12.4. The number of benzene rings is 2. The van der Waals surface area contributed by atoms with Gasteiger partial charge in [0.15, 0.2) is 4.34 Å². The van der Waals surface area contributed by atoms with Gasteiger partial charge in [-0.2, -0.15) is 0 Å². The molecule has 0 fully saturated rings. The van der Waals surface area contributed by atoms with Crippen LogP contribution in [0.25, 0.3) is 0 Å². The van der Waals surface area contributed by atoms with Gasteiger partial charge >= 0.3 is 0 Å². The normalized spacial score (nSPS) is 10.5. The Balaban J connectivity index is 1.50. The van der Waals surface area contributed by atoms with Crippen molar-refractivity contribution in [3.8, 4) is 5.75 Å². The smallest absolute Gasteiger partial charge is 0.233 e. The number of nitrogens with zero attached hydrogens (tertiary/aromatic N) is 3. The van der Waals surface area contributed by atoms with E-state index in [9.17, 15) is 4.79 Å². The monoisotopic (exact) mass is 414 g/mol. The van der Waals surface area contributed by atoms with Gasteiger partial charge in [0.05, 0.1) is 12.9 Å². The molecule has 0 bridgehead atoms. The van der Waals surface area contributed by atoms with Gasteiger partial charge in [-0.1, -0.05) is 52.9 Å². The lowest BCUT2D eigenvalue weighted by atomic mass is 10.2. The highest BCUT2D eigenvalue weighted by Crippen LogP contribution is 2.28. The lowest BCUT2D eigenvalue weighted by Crippen LogP contribution is -2.27. The molecule has 0 aliphatic heterocycles. The van der Waals surface area contributed by atoms with E-state index in [0.29, 0.717) is 17.4 Å². The van der Waals surface area contributed by atoms with E-state index in [0.717, 1.165) is 21.3 Å². The van der Waals surface area contributed by atoms with Crippen molar-refractivity contribution >= 4 is 39.8 Å². The molecule has 0 atom stereocenters. The highest BCUT2D eigenvalue weighted by molar-refractivity contribution is 8.01. The number of carbonyl (C=O) groups is 1. The number of aryl methyl sites for hydroxylation is 1. The van der Waals surface area contributed by atoms with E-state index in [1.807, 2.05) is 55.5 Å². The molecule has 3 aromatic rings. The Morgan fingerprint density at radius 2 is 2.00 bits per heavy atom. The highest BCUT2D eigenvalue weighted by atomic mass is 32.2. The maximum atomic E-state index is 12.4. The van der Waals surface area contributed by atoms with E-state index in [-0.39, 0.29) is 5.91 Å². The first-order valence-corrected chi connectivity index (χ1v) is 10.5. The van der Waals surface area contributed by atoms with Crippen LogP contribution in [0.3, 0.4) is 0 Å². The molecule has 0 aliphatic carbocycles. The molecule has 0 saturated heterocycles. The van der Waals surface area contributed by atoms with Gasteiger partial charge in [-0.15, -0.1) is 10.2 Å². The summed E-state index contributed by atoms with van der Waals surface area (Å²) in [7, 11) is 3.43. The summed E-state index contributed by atoms with van der Waals surface area (Å²) in [6, 6.07) is 15.8. The third-order valence-electron chi connectivity index (χ3n) is 4.01. The Kier molecular flexibility index (Phi) is 6.89. The lowest BCUT2D eigenvalue weighted by Gasteiger charge is -2.17. The third kappa shape index (κ3) is 5.71. The molecule has 0 aliphatic rings. The first-order chi connectivity index (χ1) is 13.5. The quantitative estimate of drug-likeness (QED) is 0.553. The number of nitrogens with one attached hydrogen (secondary N) is 1. The van der Waals surface area contributed by atoms with Crippen LogP contribution in [0, 0.1) is 6.92 Å². The number of hydrogen-bond donors (Lipinski definition) is 1. The summed E-state index contributed by atoms with van der Waals surface area (Å²) in [5, 5.41) is 12.2. The molecule has 3 rings (SSSR count). The Hall–Kier alpha value is -2.58. The number of thioether (sulfide) groups is 1. The topological polar surface area (TPSA) is 67.3 Å². The molecule has 0 saturated carbocycles. The van der Waals surface area contributed by atoms with Crippen molar-refractivity contribution in [1.29, 1.82) is 0 Å². The molecule has 0 spiro atoms. The van der Waals surface area contributed by atoms with E-state index >= 15 is 0 Å². The number of aromatic nitrogens is 2. The highest BCUT2D eigenvalue weighted by Gasteiger charge is 2.13. The summed E-state index contributed by atoms with van der Waals surface area (Å²) in [6.07, 6.45) is 0. The van der Waals surface area contributed by atoms with Crippen molar-refractivity contribution < 1.29 is 9.53 Å². The van der Waals surface area contributed by atoms with Crippen LogP contribution >= 0.6 is 23.1 Å². The van der Waals surface area contributed by atoms with Gasteiger partial charge in [0.25, 0.3) is 0 Å². The molecule has 1 amide bonds. The van der Waals surface area contributed by atoms with Crippen LogP contribution in [0.15, 0.2) is 52.9 Å². The van der Waals surface area contributed by atoms with Crippen molar-refractivity contribution in [1.82, 2.24) is 15.1 Å². The fourth-order valence-corrected chi connectivity index (χ4v) is 4.16. The maximum Gasteiger partial charge on any atom is 0.233 e. The van der Waals surface area contributed by atoms with Gasteiger partial charge in [0.2, 0.25) is 11.0 Å². The van der Waals surface area contributed by atoms with Gasteiger partial charge in [-0.25, -0.2) is 0 Å². The Morgan fingerprint density at radius 1 is 1.21 bits per heavy atom. The Labute approximate surface area is 172 Å². The summed E-state index contributed by atoms with van der Waals surface area (Å²) in [5.41, 5.74) is 3.20. The molecular weight excluding hydrogens is 392 g/mol. The fourth-order valence-electron chi connectivity index (χ4n) is 2.45. The minimum Gasteiger partial charge on any atom is -0.497 e. The summed E-state index contributed by atoms with van der Waals surface area (Å²) >= 11 is 2.83. The molecule has 0 radical (unpaired) electrons. The molecule has 146 valence electrons. The molecule has 1 N–H and O–H groups in total. The number of amides is 1. The number of methoxy groups -OCH3 is 1. The number of hydrogen-bond acceptors (Lipinski definition) is 7. The van der Waals surface area contributed by atoms with Gasteiger partial charge in [0.1, 0.15) is 5.75 Å². The van der Waals surface area contributed by atoms with Crippen LogP contribution in [0.4, 0.5) is 10.8 Å². The van der Waals surface area contributed by atoms with Crippen LogP contribution in [0.2, 0.25) is 0 Å². The molecular formula is C20H22N4O2S2. The zero-order valence-electron chi connectivity index (χ0n) is 16.0. The zero-order chi connectivity index (χ0) is 19.9. The van der Waals surface area contributed by atoms with E-state index in [1.54, 1.807) is 19.1 Å². The van der Waals surface area contributed by atoms with Gasteiger partial charge < -0.3 is 15.0 Å². The van der Waals surface area contributed by atoms with Gasteiger partial charge in [-0.05, 0) is 36.8 Å². The van der Waals surface area contributed by atoms with E-state index in [4.69, 9.17) is 4.74 Å². The van der Waals surface area contributed by atoms with E-state index < -0.39 is 0 Å². The molecule has 28 heavy (non-hydrogen) atoms. The molecule has 1 aromatic heterocycles. The molecule has 2 aromatic carbocycles. The van der Waals surface area contributed by atoms with E-state index in [1.165, 1.54) is 28.7 Å². The number of anilines is 2. The average molecular weight is 415 g/mol. The number of ether oxygens (including phenoxy) is 1. The number of carbonyl (C=O) groups excluding carboxylic acids is 1. The third-order valence-corrected chi connectivity index (χ3v) is 5.96. The van der Waals surface area contributed by atoms with E-state index in [2.05, 4.69) is 15.5 Å². The summed E-state index contributed by atoms with van der Waals surface area (Å²) in [6.45, 7) is 2.58. The Bertz CT molecular complexity index is 928. The first-order valence-electron chi connectivity index (χ1n) is 8.70. The van der Waals surface area contributed by atoms with Crippen molar-refractivity contribution in [3.63, 3.8) is 0 Å². The zero-order valence-corrected chi connectivity index (χ0v) is 17.6. The number of rotatable bonds is 8. The predicted molar refractivity (Wildman–Crippen MR) is 115 cm³/mol. The van der Waals surface area contributed by atoms with Crippen LogP contribution in [-0.4, -0.2) is 40.9 Å². The van der Waals surface area contributed by atoms with Crippen molar-refractivity contribution in [3.05, 3.63) is 59.7 Å². The van der Waals surface area contributed by atoms with Crippen LogP contribution < -0.4 is 10.1 Å². The minimum atomic E-state index is 0.0380. The second kappa shape index (κ2) is 9.57. The van der Waals surface area contributed by atoms with Gasteiger partial charge in [0, 0.05) is 19.3 Å². The molecule has 0 unspecified atom stereocenters. The van der Waals surface area contributed by atoms with Crippen LogP contribution in [0.1, 0.15) is 11.1 Å². The lowest BCUT2D eigenvalue weighted by molar-refractivity contribution is -0.127. The Morgan fingerprint density at radius 3 is 2.75 bits per heavy atom. The second-order valence-electron chi connectivity index (χ2n) is 6.25. The first kappa shape index (κ1) is 20.2. The molecule has 1 heterocycles. The fraction of sp³-hybridized carbons (Fsp3) is 0.250. The standard InChI is InChI=1S/C20H22N4O2S2/c1-14-7-9-16(10-8-14)21-19-22-23-20(28-19)27-13-18(25)24(2)12-15-5-4-6-17(11-15)26-3/h4-11H,12-13H2,1-3H3,(H,21,22). The van der Waals surface area contributed by atoms with Crippen molar-refractivity contribution in [2.75, 3.05) is 25.2 Å². The largest absolute Gasteiger partial charge is 0.497 e. The van der Waals surface area contributed by atoms with Crippen LogP contribution in [0.5, 0.6) is 5.75 Å². The second-order valence-corrected chi connectivity index (χ2v) is 8.45. The molecule has 8 heteroatoms. The summed E-state index contributed by atoms with van der Waals surface area (Å²) in [5.74, 6) is 1.14. The van der Waals surface area contributed by atoms with Crippen molar-refractivity contribution in [2.24, 2.45) is 0 Å². The summed E-state index contributed by atoms with van der Waals surface area (Å²) < 4.78 is 5.99.